The van der Waals surface area contributed by atoms with Crippen molar-refractivity contribution < 1.29 is 33.3 Å². The van der Waals surface area contributed by atoms with E-state index in [9.17, 15) is 9.59 Å². The van der Waals surface area contributed by atoms with Crippen LogP contribution in [0.1, 0.15) is 30.6 Å². The molecule has 1 fully saturated rings. The van der Waals surface area contributed by atoms with E-state index in [0.717, 1.165) is 25.7 Å². The molecule has 1 heterocycles. The van der Waals surface area contributed by atoms with Gasteiger partial charge in [0.1, 0.15) is 18.1 Å². The molecule has 0 N–H and O–H groups in total. The maximum atomic E-state index is 12.5. The number of allylic oxidation sites excluding steroid dienone is 1. The van der Waals surface area contributed by atoms with Crippen molar-refractivity contribution in [3.63, 3.8) is 0 Å². The summed E-state index contributed by atoms with van der Waals surface area (Å²) in [5.74, 6) is 0.260. The van der Waals surface area contributed by atoms with Crippen molar-refractivity contribution in [2.75, 3.05) is 33.0 Å². The van der Waals surface area contributed by atoms with Gasteiger partial charge in [0.25, 0.3) is 0 Å². The van der Waals surface area contributed by atoms with Crippen molar-refractivity contribution >= 4 is 11.9 Å². The highest BCUT2D eigenvalue weighted by molar-refractivity contribution is 5.90. The van der Waals surface area contributed by atoms with E-state index < -0.39 is 11.9 Å². The van der Waals surface area contributed by atoms with E-state index in [1.54, 1.807) is 30.3 Å². The fourth-order valence-corrected chi connectivity index (χ4v) is 3.31. The number of carbonyl (C=O) groups excluding carboxylic acids is 2. The maximum absolute atomic E-state index is 12.5. The van der Waals surface area contributed by atoms with Gasteiger partial charge in [-0.25, -0.2) is 9.59 Å². The normalized spacial score (nSPS) is 21.1. The molecule has 1 saturated heterocycles. The highest BCUT2D eigenvalue weighted by atomic mass is 16.6. The molecule has 32 heavy (non-hydrogen) atoms. The Morgan fingerprint density at radius 2 is 1.97 bits per heavy atom. The van der Waals surface area contributed by atoms with Crippen LogP contribution in [0, 0.1) is 11.3 Å². The summed E-state index contributed by atoms with van der Waals surface area (Å²) in [5.41, 5.74) is 0.546. The highest BCUT2D eigenvalue weighted by Crippen LogP contribution is 2.32. The molecule has 3 rings (SSSR count). The number of carbonyl (C=O) groups is 2. The number of esters is 2. The number of hydrogen-bond donors (Lipinski definition) is 0. The van der Waals surface area contributed by atoms with Crippen LogP contribution < -0.4 is 4.74 Å². The van der Waals surface area contributed by atoms with Crippen LogP contribution in [0.2, 0.25) is 0 Å². The zero-order chi connectivity index (χ0) is 23.0. The third kappa shape index (κ3) is 6.31. The smallest absolute Gasteiger partial charge is 0.343 e. The van der Waals surface area contributed by atoms with E-state index in [0.29, 0.717) is 23.7 Å². The summed E-state index contributed by atoms with van der Waals surface area (Å²) in [7, 11) is 0. The summed E-state index contributed by atoms with van der Waals surface area (Å²) in [6.45, 7) is 9.90. The van der Waals surface area contributed by atoms with Crippen molar-refractivity contribution in [2.24, 2.45) is 11.3 Å². The summed E-state index contributed by atoms with van der Waals surface area (Å²) < 4.78 is 27.3. The second-order valence-corrected chi connectivity index (χ2v) is 8.04. The van der Waals surface area contributed by atoms with Crippen LogP contribution in [-0.2, 0) is 23.7 Å². The molecule has 0 aromatic heterocycles. The van der Waals surface area contributed by atoms with Gasteiger partial charge in [-0.15, -0.1) is 0 Å². The zero-order valence-corrected chi connectivity index (χ0v) is 18.6. The summed E-state index contributed by atoms with van der Waals surface area (Å²) >= 11 is 0. The fourth-order valence-electron chi connectivity index (χ4n) is 3.31. The van der Waals surface area contributed by atoms with Gasteiger partial charge in [-0.1, -0.05) is 26.5 Å². The zero-order valence-electron chi connectivity index (χ0n) is 18.6. The number of hydrogen-bond acceptors (Lipinski definition) is 7. The van der Waals surface area contributed by atoms with Crippen molar-refractivity contribution in [1.82, 2.24) is 0 Å². The Labute approximate surface area is 188 Å². The molecule has 2 unspecified atom stereocenters. The maximum Gasteiger partial charge on any atom is 0.343 e. The van der Waals surface area contributed by atoms with Gasteiger partial charge in [0, 0.05) is 12.0 Å². The summed E-state index contributed by atoms with van der Waals surface area (Å²) in [6, 6.07) is 6.94. The van der Waals surface area contributed by atoms with Gasteiger partial charge in [0.2, 0.25) is 0 Å². The largest absolute Gasteiger partial charge is 0.493 e. The molecule has 0 amide bonds. The predicted molar refractivity (Wildman–Crippen MR) is 118 cm³/mol. The average molecular weight is 443 g/mol. The van der Waals surface area contributed by atoms with Gasteiger partial charge < -0.3 is 23.7 Å². The molecule has 1 aliphatic carbocycles. The van der Waals surface area contributed by atoms with Crippen LogP contribution >= 0.6 is 0 Å². The Bertz CT molecular complexity index is 859. The third-order valence-electron chi connectivity index (χ3n) is 5.61. The Morgan fingerprint density at radius 3 is 2.56 bits per heavy atom. The molecule has 0 spiro atoms. The molecule has 7 heteroatoms. The molecule has 7 nitrogen and oxygen atoms in total. The van der Waals surface area contributed by atoms with Crippen molar-refractivity contribution in [3.8, 4) is 5.75 Å². The lowest BCUT2D eigenvalue weighted by molar-refractivity contribution is -0.139. The van der Waals surface area contributed by atoms with E-state index in [-0.39, 0.29) is 30.7 Å². The van der Waals surface area contributed by atoms with E-state index in [2.05, 4.69) is 13.5 Å². The minimum absolute atomic E-state index is 0.00458. The number of benzene rings is 1. The number of ether oxygens (including phenoxy) is 5. The van der Waals surface area contributed by atoms with Crippen LogP contribution in [0.3, 0.4) is 0 Å². The van der Waals surface area contributed by atoms with E-state index in [1.165, 1.54) is 0 Å². The summed E-state index contributed by atoms with van der Waals surface area (Å²) in [4.78, 5) is 23.5. The first-order valence-electron chi connectivity index (χ1n) is 10.8. The first-order chi connectivity index (χ1) is 15.4. The second kappa shape index (κ2) is 11.1. The van der Waals surface area contributed by atoms with Crippen LogP contribution in [0.25, 0.3) is 0 Å². The summed E-state index contributed by atoms with van der Waals surface area (Å²) in [6.07, 6.45) is 7.30. The van der Waals surface area contributed by atoms with Crippen molar-refractivity contribution in [1.29, 1.82) is 0 Å². The molecular formula is C25H30O7. The standard InChI is InChI=1S/C25H30O7/c1-4-23(26)30-13-12-29-22-11-10-21(14-18(22)3)32-24(27)19-6-8-20(9-7-19)31-17-25(5-2)15-28-16-25/h4,6-11,14,18,22H,1,5,12-13,15-17H2,2-3H3. The SMILES string of the molecule is C=CC(=O)OCCOC1C=CC(OC(=O)c2ccc(OCC3(CC)COC3)cc2)=CC1C. The Morgan fingerprint density at radius 1 is 1.22 bits per heavy atom. The summed E-state index contributed by atoms with van der Waals surface area (Å²) in [5, 5.41) is 0. The van der Waals surface area contributed by atoms with Gasteiger partial charge in [0.05, 0.1) is 43.5 Å². The molecular weight excluding hydrogens is 412 g/mol. The Hall–Kier alpha value is -2.90. The lowest BCUT2D eigenvalue weighted by Gasteiger charge is -2.40. The first kappa shape index (κ1) is 23.8. The first-order valence-corrected chi connectivity index (χ1v) is 10.8. The van der Waals surface area contributed by atoms with Gasteiger partial charge in [-0.05, 0) is 42.8 Å². The molecule has 172 valence electrons. The van der Waals surface area contributed by atoms with Crippen LogP contribution in [-0.4, -0.2) is 51.1 Å². The minimum atomic E-state index is -0.479. The highest BCUT2D eigenvalue weighted by Gasteiger charge is 2.37. The van der Waals surface area contributed by atoms with Crippen LogP contribution in [0.5, 0.6) is 5.75 Å². The molecule has 0 saturated carbocycles. The van der Waals surface area contributed by atoms with Gasteiger partial charge in [0.15, 0.2) is 0 Å². The van der Waals surface area contributed by atoms with Crippen molar-refractivity contribution in [2.45, 2.75) is 26.4 Å². The van der Waals surface area contributed by atoms with Gasteiger partial charge >= 0.3 is 11.9 Å². The average Bonchev–Trinajstić information content (AvgIpc) is 2.77. The second-order valence-electron chi connectivity index (χ2n) is 8.04. The quantitative estimate of drug-likeness (QED) is 0.292. The van der Waals surface area contributed by atoms with Crippen LogP contribution in [0.15, 0.2) is 60.9 Å². The van der Waals surface area contributed by atoms with Gasteiger partial charge in [-0.2, -0.15) is 0 Å². The van der Waals surface area contributed by atoms with Gasteiger partial charge in [-0.3, -0.25) is 0 Å². The topological polar surface area (TPSA) is 80.3 Å². The van der Waals surface area contributed by atoms with Crippen LogP contribution in [0.4, 0.5) is 0 Å². The van der Waals surface area contributed by atoms with E-state index >= 15 is 0 Å². The Kier molecular flexibility index (Phi) is 8.25. The lowest BCUT2D eigenvalue weighted by Crippen LogP contribution is -2.46. The molecule has 2 aliphatic rings. The molecule has 1 aromatic carbocycles. The molecule has 0 bridgehead atoms. The fraction of sp³-hybridized carbons (Fsp3) is 0.440. The van der Waals surface area contributed by atoms with Crippen molar-refractivity contribution in [3.05, 3.63) is 66.5 Å². The molecule has 1 aromatic rings. The molecule has 2 atom stereocenters. The monoisotopic (exact) mass is 442 g/mol. The predicted octanol–water partition coefficient (Wildman–Crippen LogP) is 3.85. The molecule has 1 aliphatic heterocycles. The number of rotatable bonds is 11. The van der Waals surface area contributed by atoms with E-state index in [1.807, 2.05) is 19.1 Å². The Balaban J connectivity index is 1.44. The lowest BCUT2D eigenvalue weighted by atomic mass is 9.84. The third-order valence-corrected chi connectivity index (χ3v) is 5.61. The van der Waals surface area contributed by atoms with E-state index in [4.69, 9.17) is 23.7 Å². The minimum Gasteiger partial charge on any atom is -0.493 e. The molecule has 0 radical (unpaired) electrons.